The molecule has 0 unspecified atom stereocenters. The zero-order valence-corrected chi connectivity index (χ0v) is 16.1. The van der Waals surface area contributed by atoms with Crippen LogP contribution in [0, 0.1) is 5.92 Å². The van der Waals surface area contributed by atoms with E-state index in [4.69, 9.17) is 9.47 Å². The molecule has 28 heavy (non-hydrogen) atoms. The number of amides is 2. The highest BCUT2D eigenvalue weighted by Crippen LogP contribution is 2.34. The highest BCUT2D eigenvalue weighted by molar-refractivity contribution is 6.03. The van der Waals surface area contributed by atoms with Crippen molar-refractivity contribution in [1.82, 2.24) is 14.9 Å². The van der Waals surface area contributed by atoms with Crippen LogP contribution < -0.4 is 20.1 Å². The number of nitrogens with zero attached hydrogens (tertiary/aromatic N) is 2. The van der Waals surface area contributed by atoms with Gasteiger partial charge in [0.15, 0.2) is 17.3 Å². The second-order valence-electron chi connectivity index (χ2n) is 7.47. The van der Waals surface area contributed by atoms with Gasteiger partial charge in [-0.15, -0.1) is 0 Å². The molecule has 8 heteroatoms. The zero-order valence-electron chi connectivity index (χ0n) is 16.1. The Morgan fingerprint density at radius 3 is 2.82 bits per heavy atom. The summed E-state index contributed by atoms with van der Waals surface area (Å²) >= 11 is 0. The predicted molar refractivity (Wildman–Crippen MR) is 103 cm³/mol. The number of rotatable bonds is 5. The van der Waals surface area contributed by atoms with Gasteiger partial charge >= 0.3 is 0 Å². The molecule has 1 aromatic carbocycles. The Kier molecular flexibility index (Phi) is 4.93. The van der Waals surface area contributed by atoms with Crippen LogP contribution >= 0.6 is 0 Å². The number of carbonyl (C=O) groups is 2. The number of hydrogen-bond acceptors (Lipinski definition) is 5. The van der Waals surface area contributed by atoms with Gasteiger partial charge in [-0.3, -0.25) is 9.59 Å². The van der Waals surface area contributed by atoms with Gasteiger partial charge in [0.05, 0.1) is 5.69 Å². The largest absolute Gasteiger partial charge is 0.454 e. The maximum absolute atomic E-state index is 12.9. The maximum atomic E-state index is 12.9. The Hall–Kier alpha value is -3.03. The van der Waals surface area contributed by atoms with E-state index in [2.05, 4.69) is 15.6 Å². The van der Waals surface area contributed by atoms with Crippen molar-refractivity contribution < 1.29 is 19.1 Å². The summed E-state index contributed by atoms with van der Waals surface area (Å²) in [6.07, 6.45) is 2.69. The number of anilines is 1. The van der Waals surface area contributed by atoms with Crippen molar-refractivity contribution in [2.24, 2.45) is 5.92 Å². The van der Waals surface area contributed by atoms with Crippen LogP contribution in [0.1, 0.15) is 53.5 Å². The fourth-order valence-electron chi connectivity index (χ4n) is 3.44. The van der Waals surface area contributed by atoms with Crippen molar-refractivity contribution in [3.8, 4) is 11.5 Å². The lowest BCUT2D eigenvalue weighted by molar-refractivity contribution is 0.0943. The topological polar surface area (TPSA) is 94.5 Å². The Morgan fingerprint density at radius 2 is 2.00 bits per heavy atom. The van der Waals surface area contributed by atoms with Gasteiger partial charge in [-0.1, -0.05) is 13.8 Å². The van der Waals surface area contributed by atoms with Gasteiger partial charge < -0.3 is 24.7 Å². The summed E-state index contributed by atoms with van der Waals surface area (Å²) in [5.41, 5.74) is 1.78. The highest BCUT2D eigenvalue weighted by Gasteiger charge is 2.27. The van der Waals surface area contributed by atoms with Gasteiger partial charge in [-0.25, -0.2) is 4.98 Å². The van der Waals surface area contributed by atoms with Crippen molar-refractivity contribution in [2.45, 2.75) is 39.7 Å². The van der Waals surface area contributed by atoms with E-state index in [1.807, 2.05) is 18.4 Å². The number of hydrogen-bond donors (Lipinski definition) is 2. The summed E-state index contributed by atoms with van der Waals surface area (Å²) in [5, 5.41) is 5.75. The van der Waals surface area contributed by atoms with E-state index in [-0.39, 0.29) is 24.4 Å². The van der Waals surface area contributed by atoms with Crippen molar-refractivity contribution >= 4 is 17.5 Å². The van der Waals surface area contributed by atoms with Crippen LogP contribution in [0.2, 0.25) is 0 Å². The highest BCUT2D eigenvalue weighted by atomic mass is 16.7. The standard InChI is InChI=1S/C20H24N4O4/c1-12(2)10-21-19(25)17-14-5-3-4-8-24(14)18(23-17)20(26)22-13-6-7-15-16(9-13)28-11-27-15/h6-7,9,12H,3-5,8,10-11H2,1-2H3,(H,21,25)(H,22,26). The summed E-state index contributed by atoms with van der Waals surface area (Å²) in [4.78, 5) is 29.9. The molecule has 0 radical (unpaired) electrons. The van der Waals surface area contributed by atoms with Gasteiger partial charge in [-0.05, 0) is 37.3 Å². The first kappa shape index (κ1) is 18.3. The summed E-state index contributed by atoms with van der Waals surface area (Å²) in [7, 11) is 0. The monoisotopic (exact) mass is 384 g/mol. The molecular formula is C20H24N4O4. The first-order chi connectivity index (χ1) is 13.5. The SMILES string of the molecule is CC(C)CNC(=O)c1nc(C(=O)Nc2ccc3c(c2)OCO3)n2c1CCCC2. The van der Waals surface area contributed by atoms with Gasteiger partial charge in [0.2, 0.25) is 6.79 Å². The van der Waals surface area contributed by atoms with Crippen molar-refractivity contribution in [3.63, 3.8) is 0 Å². The van der Waals surface area contributed by atoms with Crippen LogP contribution in [0.4, 0.5) is 5.69 Å². The summed E-state index contributed by atoms with van der Waals surface area (Å²) in [6.45, 7) is 5.50. The molecule has 0 atom stereocenters. The van der Waals surface area contributed by atoms with Crippen LogP contribution in [-0.2, 0) is 13.0 Å². The average Bonchev–Trinajstić information content (AvgIpc) is 3.30. The number of imidazole rings is 1. The lowest BCUT2D eigenvalue weighted by Gasteiger charge is -2.17. The molecule has 2 aliphatic rings. The number of aromatic nitrogens is 2. The molecular weight excluding hydrogens is 360 g/mol. The summed E-state index contributed by atoms with van der Waals surface area (Å²) in [5.74, 6) is 1.29. The molecule has 2 N–H and O–H groups in total. The first-order valence-electron chi connectivity index (χ1n) is 9.61. The minimum absolute atomic E-state index is 0.176. The molecule has 8 nitrogen and oxygen atoms in total. The molecule has 0 spiro atoms. The van der Waals surface area contributed by atoms with E-state index >= 15 is 0 Å². The molecule has 0 aliphatic carbocycles. The number of nitrogens with one attached hydrogen (secondary N) is 2. The molecule has 0 saturated heterocycles. The van der Waals surface area contributed by atoms with Crippen molar-refractivity contribution in [2.75, 3.05) is 18.7 Å². The molecule has 2 aromatic rings. The molecule has 0 bridgehead atoms. The average molecular weight is 384 g/mol. The van der Waals surface area contributed by atoms with Crippen LogP contribution in [-0.4, -0.2) is 34.7 Å². The van der Waals surface area contributed by atoms with E-state index in [0.717, 1.165) is 25.0 Å². The van der Waals surface area contributed by atoms with Crippen LogP contribution in [0.25, 0.3) is 0 Å². The third-order valence-corrected chi connectivity index (χ3v) is 4.84. The van der Waals surface area contributed by atoms with E-state index in [1.54, 1.807) is 18.2 Å². The van der Waals surface area contributed by atoms with E-state index in [0.29, 0.717) is 41.9 Å². The zero-order chi connectivity index (χ0) is 19.7. The van der Waals surface area contributed by atoms with E-state index in [9.17, 15) is 9.59 Å². The van der Waals surface area contributed by atoms with Crippen LogP contribution in [0.3, 0.4) is 0 Å². The summed E-state index contributed by atoms with van der Waals surface area (Å²) in [6, 6.07) is 5.22. The van der Waals surface area contributed by atoms with Gasteiger partial charge in [-0.2, -0.15) is 0 Å². The fraction of sp³-hybridized carbons (Fsp3) is 0.450. The van der Waals surface area contributed by atoms with Crippen LogP contribution in [0.15, 0.2) is 18.2 Å². The third-order valence-electron chi connectivity index (χ3n) is 4.84. The fourth-order valence-corrected chi connectivity index (χ4v) is 3.44. The molecule has 2 amide bonds. The first-order valence-corrected chi connectivity index (χ1v) is 9.61. The minimum atomic E-state index is -0.343. The Balaban J connectivity index is 1.58. The van der Waals surface area contributed by atoms with Gasteiger partial charge in [0, 0.05) is 24.8 Å². The predicted octanol–water partition coefficient (Wildman–Crippen LogP) is 2.59. The molecule has 3 heterocycles. The van der Waals surface area contributed by atoms with E-state index < -0.39 is 0 Å². The smallest absolute Gasteiger partial charge is 0.291 e. The Morgan fingerprint density at radius 1 is 1.18 bits per heavy atom. The minimum Gasteiger partial charge on any atom is -0.454 e. The third kappa shape index (κ3) is 3.54. The van der Waals surface area contributed by atoms with Gasteiger partial charge in [0.25, 0.3) is 11.8 Å². The lowest BCUT2D eigenvalue weighted by Crippen LogP contribution is -2.29. The quantitative estimate of drug-likeness (QED) is 0.826. The molecule has 4 rings (SSSR count). The normalized spacial score (nSPS) is 14.7. The second kappa shape index (κ2) is 7.53. The molecule has 148 valence electrons. The van der Waals surface area contributed by atoms with E-state index in [1.165, 1.54) is 0 Å². The van der Waals surface area contributed by atoms with Crippen molar-refractivity contribution in [3.05, 3.63) is 35.4 Å². The Labute approximate surface area is 163 Å². The number of carbonyl (C=O) groups excluding carboxylic acids is 2. The van der Waals surface area contributed by atoms with Crippen LogP contribution in [0.5, 0.6) is 11.5 Å². The Bertz CT molecular complexity index is 919. The molecule has 0 saturated carbocycles. The second-order valence-corrected chi connectivity index (χ2v) is 7.47. The molecule has 0 fully saturated rings. The summed E-state index contributed by atoms with van der Waals surface area (Å²) < 4.78 is 12.5. The van der Waals surface area contributed by atoms with Crippen molar-refractivity contribution in [1.29, 1.82) is 0 Å². The number of fused-ring (bicyclic) bond motifs is 2. The maximum Gasteiger partial charge on any atom is 0.291 e. The molecule has 2 aliphatic heterocycles. The lowest BCUT2D eigenvalue weighted by atomic mass is 10.1. The number of benzene rings is 1. The molecule has 1 aromatic heterocycles. The number of ether oxygens (including phenoxy) is 2. The van der Waals surface area contributed by atoms with Gasteiger partial charge in [0.1, 0.15) is 5.69 Å².